The molecule has 2 rings (SSSR count). The number of benzene rings is 1. The molecule has 0 aliphatic carbocycles. The molecule has 2 aromatic rings. The van der Waals surface area contributed by atoms with E-state index in [1.54, 1.807) is 0 Å². The summed E-state index contributed by atoms with van der Waals surface area (Å²) in [6.07, 6.45) is 2.05. The van der Waals surface area contributed by atoms with Gasteiger partial charge in [0.15, 0.2) is 0 Å². The highest BCUT2D eigenvalue weighted by molar-refractivity contribution is 9.10. The predicted molar refractivity (Wildman–Crippen MR) is 83.8 cm³/mol. The molecule has 0 aliphatic heterocycles. The van der Waals surface area contributed by atoms with Gasteiger partial charge < -0.3 is 5.32 Å². The van der Waals surface area contributed by atoms with E-state index in [4.69, 9.17) is 11.6 Å². The number of rotatable bonds is 4. The second-order valence-electron chi connectivity index (χ2n) is 4.79. The summed E-state index contributed by atoms with van der Waals surface area (Å²) in [7, 11) is 0. The minimum absolute atomic E-state index is 0.372. The van der Waals surface area contributed by atoms with Crippen LogP contribution in [0.2, 0.25) is 5.02 Å². The zero-order valence-corrected chi connectivity index (χ0v) is 13.6. The fourth-order valence-electron chi connectivity index (χ4n) is 1.78. The summed E-state index contributed by atoms with van der Waals surface area (Å²) in [5.74, 6) is 0. The molecule has 0 unspecified atom stereocenters. The number of hydrogen-bond acceptors (Lipinski definition) is 2. The van der Waals surface area contributed by atoms with E-state index in [1.807, 2.05) is 36.0 Å². The molecule has 0 saturated heterocycles. The molecule has 1 heterocycles. The summed E-state index contributed by atoms with van der Waals surface area (Å²) in [5.41, 5.74) is 3.25. The van der Waals surface area contributed by atoms with Gasteiger partial charge in [-0.2, -0.15) is 5.10 Å². The van der Waals surface area contributed by atoms with Crippen molar-refractivity contribution < 1.29 is 0 Å². The van der Waals surface area contributed by atoms with Crippen LogP contribution in [0.5, 0.6) is 0 Å². The quantitative estimate of drug-likeness (QED) is 0.865. The van der Waals surface area contributed by atoms with Crippen LogP contribution in [0.1, 0.15) is 31.1 Å². The maximum atomic E-state index is 5.93. The monoisotopic (exact) mass is 341 g/mol. The fourth-order valence-corrected chi connectivity index (χ4v) is 2.60. The molecular weight excluding hydrogens is 326 g/mol. The van der Waals surface area contributed by atoms with Crippen LogP contribution in [-0.4, -0.2) is 9.78 Å². The van der Waals surface area contributed by atoms with E-state index in [-0.39, 0.29) is 0 Å². The van der Waals surface area contributed by atoms with Crippen LogP contribution in [0.15, 0.2) is 28.9 Å². The Balaban J connectivity index is 2.10. The van der Waals surface area contributed by atoms with Crippen molar-refractivity contribution in [2.24, 2.45) is 0 Å². The summed E-state index contributed by atoms with van der Waals surface area (Å²) in [6.45, 7) is 6.98. The van der Waals surface area contributed by atoms with Crippen molar-refractivity contribution >= 4 is 33.2 Å². The Labute approximate surface area is 127 Å². The largest absolute Gasteiger partial charge is 0.378 e. The molecule has 0 aliphatic rings. The third-order valence-corrected chi connectivity index (χ3v) is 3.90. The SMILES string of the molecule is Cc1nn(C(C)C)cc1NCc1ccc(Cl)cc1Br. The second kappa shape index (κ2) is 5.97. The normalized spacial score (nSPS) is 11.1. The van der Waals surface area contributed by atoms with Gasteiger partial charge in [-0.1, -0.05) is 33.6 Å². The van der Waals surface area contributed by atoms with Gasteiger partial charge in [-0.05, 0) is 38.5 Å². The molecule has 5 heteroatoms. The molecule has 0 fully saturated rings. The highest BCUT2D eigenvalue weighted by atomic mass is 79.9. The standard InChI is InChI=1S/C14H17BrClN3/c1-9(2)19-8-14(10(3)18-19)17-7-11-4-5-12(16)6-13(11)15/h4-6,8-9,17H,7H2,1-3H3. The zero-order chi connectivity index (χ0) is 14.0. The lowest BCUT2D eigenvalue weighted by Crippen LogP contribution is -2.01. The molecule has 0 atom stereocenters. The minimum Gasteiger partial charge on any atom is -0.378 e. The molecule has 0 saturated carbocycles. The van der Waals surface area contributed by atoms with Gasteiger partial charge in [0.25, 0.3) is 0 Å². The van der Waals surface area contributed by atoms with Crippen molar-refractivity contribution in [1.29, 1.82) is 0 Å². The third kappa shape index (κ3) is 3.51. The molecule has 3 nitrogen and oxygen atoms in total. The first kappa shape index (κ1) is 14.4. The van der Waals surface area contributed by atoms with E-state index in [2.05, 4.69) is 40.2 Å². The Morgan fingerprint density at radius 1 is 1.42 bits per heavy atom. The Bertz CT molecular complexity index is 578. The average molecular weight is 343 g/mol. The highest BCUT2D eigenvalue weighted by Crippen LogP contribution is 2.23. The molecule has 0 bridgehead atoms. The Hall–Kier alpha value is -1.000. The van der Waals surface area contributed by atoms with E-state index in [1.165, 1.54) is 5.56 Å². The van der Waals surface area contributed by atoms with Gasteiger partial charge in [0.2, 0.25) is 0 Å². The lowest BCUT2D eigenvalue weighted by Gasteiger charge is -2.07. The maximum absolute atomic E-state index is 5.93. The van der Waals surface area contributed by atoms with Crippen LogP contribution in [0.3, 0.4) is 0 Å². The second-order valence-corrected chi connectivity index (χ2v) is 6.08. The van der Waals surface area contributed by atoms with Gasteiger partial charge in [0.1, 0.15) is 0 Å². The average Bonchev–Trinajstić information content (AvgIpc) is 2.70. The van der Waals surface area contributed by atoms with Gasteiger partial charge in [-0.25, -0.2) is 0 Å². The summed E-state index contributed by atoms with van der Waals surface area (Å²) in [4.78, 5) is 0. The number of nitrogens with zero attached hydrogens (tertiary/aromatic N) is 2. The summed E-state index contributed by atoms with van der Waals surface area (Å²) in [5, 5.41) is 8.62. The molecule has 0 spiro atoms. The minimum atomic E-state index is 0.372. The Morgan fingerprint density at radius 2 is 2.16 bits per heavy atom. The van der Waals surface area contributed by atoms with Crippen molar-refractivity contribution in [3.8, 4) is 0 Å². The van der Waals surface area contributed by atoms with Crippen molar-refractivity contribution in [1.82, 2.24) is 9.78 Å². The van der Waals surface area contributed by atoms with Gasteiger partial charge >= 0.3 is 0 Å². The molecule has 1 aromatic carbocycles. The molecule has 102 valence electrons. The molecule has 1 N–H and O–H groups in total. The molecular formula is C14H17BrClN3. The number of aromatic nitrogens is 2. The van der Waals surface area contributed by atoms with Gasteiger partial charge in [-0.3, -0.25) is 4.68 Å². The number of aryl methyl sites for hydroxylation is 1. The lowest BCUT2D eigenvalue weighted by atomic mass is 10.2. The topological polar surface area (TPSA) is 29.9 Å². The van der Waals surface area contributed by atoms with Crippen LogP contribution >= 0.6 is 27.5 Å². The van der Waals surface area contributed by atoms with Gasteiger partial charge in [0.05, 0.1) is 11.4 Å². The lowest BCUT2D eigenvalue weighted by molar-refractivity contribution is 0.529. The number of hydrogen-bond donors (Lipinski definition) is 1. The summed E-state index contributed by atoms with van der Waals surface area (Å²) in [6, 6.07) is 6.19. The van der Waals surface area contributed by atoms with Crippen molar-refractivity contribution in [3.63, 3.8) is 0 Å². The molecule has 19 heavy (non-hydrogen) atoms. The van der Waals surface area contributed by atoms with Crippen LogP contribution in [0.4, 0.5) is 5.69 Å². The summed E-state index contributed by atoms with van der Waals surface area (Å²) < 4.78 is 2.98. The maximum Gasteiger partial charge on any atom is 0.0825 e. The Kier molecular flexibility index (Phi) is 4.53. The van der Waals surface area contributed by atoms with Gasteiger partial charge in [-0.15, -0.1) is 0 Å². The van der Waals surface area contributed by atoms with Crippen LogP contribution in [-0.2, 0) is 6.54 Å². The zero-order valence-electron chi connectivity index (χ0n) is 11.2. The van der Waals surface area contributed by atoms with Gasteiger partial charge in [0, 0.05) is 28.3 Å². The first-order valence-corrected chi connectivity index (χ1v) is 7.38. The smallest absolute Gasteiger partial charge is 0.0825 e. The van der Waals surface area contributed by atoms with Crippen LogP contribution < -0.4 is 5.32 Å². The fraction of sp³-hybridized carbons (Fsp3) is 0.357. The Morgan fingerprint density at radius 3 is 2.74 bits per heavy atom. The van der Waals surface area contributed by atoms with E-state index >= 15 is 0 Å². The van der Waals surface area contributed by atoms with E-state index in [9.17, 15) is 0 Å². The number of halogens is 2. The predicted octanol–water partition coefficient (Wildman–Crippen LogP) is 4.80. The third-order valence-electron chi connectivity index (χ3n) is 2.93. The number of anilines is 1. The van der Waals surface area contributed by atoms with E-state index in [0.717, 1.165) is 27.4 Å². The van der Waals surface area contributed by atoms with Crippen LogP contribution in [0, 0.1) is 6.92 Å². The van der Waals surface area contributed by atoms with Crippen molar-refractivity contribution in [3.05, 3.63) is 45.1 Å². The molecule has 0 amide bonds. The number of nitrogens with one attached hydrogen (secondary N) is 1. The van der Waals surface area contributed by atoms with Crippen LogP contribution in [0.25, 0.3) is 0 Å². The van der Waals surface area contributed by atoms with E-state index < -0.39 is 0 Å². The highest BCUT2D eigenvalue weighted by Gasteiger charge is 2.07. The summed E-state index contributed by atoms with van der Waals surface area (Å²) >= 11 is 9.46. The van der Waals surface area contributed by atoms with Crippen molar-refractivity contribution in [2.45, 2.75) is 33.4 Å². The van der Waals surface area contributed by atoms with E-state index in [0.29, 0.717) is 6.04 Å². The molecule has 1 aromatic heterocycles. The first-order chi connectivity index (χ1) is 8.97. The molecule has 0 radical (unpaired) electrons. The van der Waals surface area contributed by atoms with Crippen molar-refractivity contribution in [2.75, 3.05) is 5.32 Å². The first-order valence-electron chi connectivity index (χ1n) is 6.21.